The van der Waals surface area contributed by atoms with Crippen molar-refractivity contribution in [2.75, 3.05) is 11.0 Å². The molecule has 0 saturated carbocycles. The Morgan fingerprint density at radius 2 is 1.79 bits per heavy atom. The highest BCUT2D eigenvalue weighted by molar-refractivity contribution is 7.92. The number of hydrogen-bond donors (Lipinski definition) is 3. The average Bonchev–Trinajstić information content (AvgIpc) is 3.11. The van der Waals surface area contributed by atoms with Crippen molar-refractivity contribution in [2.45, 2.75) is 0 Å². The number of aromatic nitrogens is 2. The van der Waals surface area contributed by atoms with Gasteiger partial charge in [0.25, 0.3) is 0 Å². The second kappa shape index (κ2) is 7.06. The number of anilines is 1. The van der Waals surface area contributed by atoms with Gasteiger partial charge in [-0.1, -0.05) is 24.3 Å². The first kappa shape index (κ1) is 18.7. The smallest absolute Gasteiger partial charge is 0.248 e. The molecule has 4 N–H and O–H groups in total. The zero-order valence-corrected chi connectivity index (χ0v) is 16.3. The van der Waals surface area contributed by atoms with Crippen molar-refractivity contribution in [3.8, 4) is 22.4 Å². The van der Waals surface area contributed by atoms with Crippen molar-refractivity contribution in [3.63, 3.8) is 0 Å². The van der Waals surface area contributed by atoms with Gasteiger partial charge in [-0.25, -0.2) is 13.4 Å². The maximum atomic E-state index is 11.5. The normalized spacial score (nSPS) is 11.5. The number of nitrogens with one attached hydrogen (secondary N) is 2. The number of aromatic amines is 1. The van der Waals surface area contributed by atoms with E-state index in [-0.39, 0.29) is 0 Å². The summed E-state index contributed by atoms with van der Waals surface area (Å²) in [6.45, 7) is 0. The third-order valence-corrected chi connectivity index (χ3v) is 5.10. The van der Waals surface area contributed by atoms with Gasteiger partial charge in [0.2, 0.25) is 15.9 Å². The summed E-state index contributed by atoms with van der Waals surface area (Å²) >= 11 is 0. The number of fused-ring (bicyclic) bond motifs is 1. The fraction of sp³-hybridized carbons (Fsp3) is 0.0476. The van der Waals surface area contributed by atoms with Crippen LogP contribution >= 0.6 is 0 Å². The van der Waals surface area contributed by atoms with Crippen LogP contribution in [-0.2, 0) is 10.0 Å². The first-order chi connectivity index (χ1) is 13.8. The summed E-state index contributed by atoms with van der Waals surface area (Å²) in [6, 6.07) is 18.1. The largest absolute Gasteiger partial charge is 0.366 e. The number of nitrogens with zero attached hydrogens (tertiary/aromatic N) is 1. The molecule has 0 unspecified atom stereocenters. The molecule has 0 bridgehead atoms. The molecule has 4 rings (SSSR count). The number of nitrogens with two attached hydrogens (primary N) is 1. The molecule has 2 heterocycles. The molecule has 2 aromatic heterocycles. The predicted molar refractivity (Wildman–Crippen MR) is 114 cm³/mol. The van der Waals surface area contributed by atoms with Crippen LogP contribution in [0.25, 0.3) is 33.4 Å². The van der Waals surface area contributed by atoms with Gasteiger partial charge in [0, 0.05) is 34.1 Å². The lowest BCUT2D eigenvalue weighted by molar-refractivity contribution is 0.100. The van der Waals surface area contributed by atoms with E-state index in [1.807, 2.05) is 30.3 Å². The molecule has 7 nitrogen and oxygen atoms in total. The van der Waals surface area contributed by atoms with Gasteiger partial charge in [0.05, 0.1) is 6.26 Å². The summed E-state index contributed by atoms with van der Waals surface area (Å²) in [6.07, 6.45) is 2.82. The van der Waals surface area contributed by atoms with Crippen molar-refractivity contribution in [1.29, 1.82) is 0 Å². The molecular weight excluding hydrogens is 388 g/mol. The van der Waals surface area contributed by atoms with E-state index >= 15 is 0 Å². The van der Waals surface area contributed by atoms with Crippen molar-refractivity contribution >= 4 is 32.7 Å². The summed E-state index contributed by atoms with van der Waals surface area (Å²) in [4.78, 5) is 19.0. The molecule has 2 aromatic carbocycles. The molecule has 0 radical (unpaired) electrons. The number of rotatable bonds is 5. The van der Waals surface area contributed by atoms with Crippen molar-refractivity contribution in [3.05, 3.63) is 72.4 Å². The Kier molecular flexibility index (Phi) is 4.56. The number of pyridine rings is 1. The number of H-pyrrole nitrogens is 1. The maximum Gasteiger partial charge on any atom is 0.248 e. The van der Waals surface area contributed by atoms with E-state index in [9.17, 15) is 13.2 Å². The quantitative estimate of drug-likeness (QED) is 0.471. The fourth-order valence-electron chi connectivity index (χ4n) is 3.21. The molecule has 0 fully saturated rings. The van der Waals surface area contributed by atoms with Crippen molar-refractivity contribution < 1.29 is 13.2 Å². The number of primary amides is 1. The number of carbonyl (C=O) groups is 1. The first-order valence-corrected chi connectivity index (χ1v) is 10.7. The highest BCUT2D eigenvalue weighted by atomic mass is 32.2. The number of sulfonamides is 1. The van der Waals surface area contributed by atoms with Crippen LogP contribution in [0.3, 0.4) is 0 Å². The monoisotopic (exact) mass is 406 g/mol. The number of carbonyl (C=O) groups excluding carboxylic acids is 1. The Bertz CT molecular complexity index is 1330. The van der Waals surface area contributed by atoms with E-state index in [0.717, 1.165) is 34.0 Å². The SMILES string of the molecule is CS(=O)(=O)Nc1cccc(-c2cc3c(-c4ccc(C(N)=O)cc4)ccnc3[nH]2)c1. The zero-order valence-electron chi connectivity index (χ0n) is 15.5. The van der Waals surface area contributed by atoms with Gasteiger partial charge in [-0.15, -0.1) is 0 Å². The topological polar surface area (TPSA) is 118 Å². The first-order valence-electron chi connectivity index (χ1n) is 8.76. The highest BCUT2D eigenvalue weighted by Crippen LogP contribution is 2.32. The minimum atomic E-state index is -3.36. The fourth-order valence-corrected chi connectivity index (χ4v) is 3.77. The van der Waals surface area contributed by atoms with E-state index in [4.69, 9.17) is 5.73 Å². The molecule has 1 amide bonds. The van der Waals surface area contributed by atoms with Crippen LogP contribution in [-0.4, -0.2) is 30.5 Å². The summed E-state index contributed by atoms with van der Waals surface area (Å²) in [5.41, 5.74) is 10.5. The number of amides is 1. The minimum absolute atomic E-state index is 0.448. The number of benzene rings is 2. The van der Waals surface area contributed by atoms with Crippen LogP contribution in [0.15, 0.2) is 66.9 Å². The molecule has 146 valence electrons. The van der Waals surface area contributed by atoms with Crippen molar-refractivity contribution in [2.24, 2.45) is 5.73 Å². The molecular formula is C21H18N4O3S. The van der Waals surface area contributed by atoms with Gasteiger partial charge < -0.3 is 10.7 Å². The number of hydrogen-bond acceptors (Lipinski definition) is 4. The van der Waals surface area contributed by atoms with Gasteiger partial charge >= 0.3 is 0 Å². The average molecular weight is 406 g/mol. The van der Waals surface area contributed by atoms with Crippen LogP contribution in [0.1, 0.15) is 10.4 Å². The molecule has 4 aromatic rings. The third-order valence-electron chi connectivity index (χ3n) is 4.49. The standard InChI is InChI=1S/C21H18N4O3S/c1-29(27,28)25-16-4-2-3-15(11-16)19-12-18-17(9-10-23-21(18)24-19)13-5-7-14(8-6-13)20(22)26/h2-12,25H,1H3,(H2,22,26)(H,23,24). The highest BCUT2D eigenvalue weighted by Gasteiger charge is 2.11. The third kappa shape index (κ3) is 3.97. The molecule has 0 atom stereocenters. The van der Waals surface area contributed by atoms with Crippen LogP contribution in [0.5, 0.6) is 0 Å². The van der Waals surface area contributed by atoms with Crippen LogP contribution in [0.4, 0.5) is 5.69 Å². The zero-order chi connectivity index (χ0) is 20.6. The summed E-state index contributed by atoms with van der Waals surface area (Å²) in [7, 11) is -3.36. The van der Waals surface area contributed by atoms with E-state index in [1.54, 1.807) is 36.5 Å². The van der Waals surface area contributed by atoms with Crippen molar-refractivity contribution in [1.82, 2.24) is 9.97 Å². The summed E-state index contributed by atoms with van der Waals surface area (Å²) in [5.74, 6) is -0.469. The molecule has 8 heteroatoms. The predicted octanol–water partition coefficient (Wildman–Crippen LogP) is 3.37. The molecule has 29 heavy (non-hydrogen) atoms. The van der Waals surface area contributed by atoms with Gasteiger partial charge in [-0.3, -0.25) is 9.52 Å². The van der Waals surface area contributed by atoms with Crippen LogP contribution in [0, 0.1) is 0 Å². The maximum absolute atomic E-state index is 11.5. The van der Waals surface area contributed by atoms with E-state index in [0.29, 0.717) is 16.9 Å². The summed E-state index contributed by atoms with van der Waals surface area (Å²) < 4.78 is 25.5. The Balaban J connectivity index is 1.77. The molecule has 0 aliphatic carbocycles. The van der Waals surface area contributed by atoms with Crippen LogP contribution < -0.4 is 10.5 Å². The van der Waals surface area contributed by atoms with E-state index in [1.165, 1.54) is 0 Å². The van der Waals surface area contributed by atoms with Crippen LogP contribution in [0.2, 0.25) is 0 Å². The Hall–Kier alpha value is -3.65. The Labute approximate surface area is 167 Å². The Morgan fingerprint density at radius 3 is 2.48 bits per heavy atom. The lowest BCUT2D eigenvalue weighted by Gasteiger charge is -2.05. The van der Waals surface area contributed by atoms with Gasteiger partial charge in [0.15, 0.2) is 0 Å². The second-order valence-electron chi connectivity index (χ2n) is 6.70. The minimum Gasteiger partial charge on any atom is -0.366 e. The van der Waals surface area contributed by atoms with Gasteiger partial charge in [-0.05, 0) is 47.5 Å². The van der Waals surface area contributed by atoms with Gasteiger partial charge in [-0.2, -0.15) is 0 Å². The lowest BCUT2D eigenvalue weighted by Crippen LogP contribution is -2.10. The van der Waals surface area contributed by atoms with E-state index in [2.05, 4.69) is 14.7 Å². The summed E-state index contributed by atoms with van der Waals surface area (Å²) in [5, 5.41) is 0.913. The second-order valence-corrected chi connectivity index (χ2v) is 8.45. The molecule has 0 aliphatic rings. The molecule has 0 aliphatic heterocycles. The lowest BCUT2D eigenvalue weighted by atomic mass is 10.0. The molecule has 0 spiro atoms. The molecule has 0 saturated heterocycles. The van der Waals surface area contributed by atoms with E-state index < -0.39 is 15.9 Å². The van der Waals surface area contributed by atoms with Gasteiger partial charge in [0.1, 0.15) is 5.65 Å². The Morgan fingerprint density at radius 1 is 1.03 bits per heavy atom.